The molecule has 1 aliphatic rings. The molecule has 2 nitrogen and oxygen atoms in total. The third kappa shape index (κ3) is 5.53. The number of aromatic hydroxyl groups is 1. The largest absolute Gasteiger partial charge is 0.508 e. The average Bonchev–Trinajstić information content (AvgIpc) is 2.85. The van der Waals surface area contributed by atoms with Gasteiger partial charge in [-0.25, -0.2) is 13.2 Å². The summed E-state index contributed by atoms with van der Waals surface area (Å²) in [4.78, 5) is 0. The van der Waals surface area contributed by atoms with E-state index in [0.29, 0.717) is 35.6 Å². The summed E-state index contributed by atoms with van der Waals surface area (Å²) in [6.45, 7) is 2.71. The Morgan fingerprint density at radius 2 is 1.65 bits per heavy atom. The minimum absolute atomic E-state index is 0.0784. The van der Waals surface area contributed by atoms with Crippen LogP contribution in [0, 0.1) is 23.4 Å². The molecule has 0 heterocycles. The Balaban J connectivity index is 1.37. The van der Waals surface area contributed by atoms with Crippen LogP contribution in [0.25, 0.3) is 16.7 Å². The molecule has 5 heteroatoms. The fraction of sp³-hybridized carbons (Fsp3) is 0.310. The van der Waals surface area contributed by atoms with Crippen LogP contribution < -0.4 is 0 Å². The van der Waals surface area contributed by atoms with Crippen molar-refractivity contribution in [2.24, 2.45) is 5.92 Å². The number of phenols is 1. The summed E-state index contributed by atoms with van der Waals surface area (Å²) in [5, 5.41) is 9.40. The Labute approximate surface area is 198 Å². The van der Waals surface area contributed by atoms with Crippen LogP contribution in [-0.4, -0.2) is 11.7 Å². The molecular weight excluding hydrogens is 437 g/mol. The van der Waals surface area contributed by atoms with Gasteiger partial charge in [-0.15, -0.1) is 0 Å². The van der Waals surface area contributed by atoms with E-state index in [0.717, 1.165) is 36.8 Å². The number of phenolic OH excluding ortho intramolecular Hbond substituents is 1. The van der Waals surface area contributed by atoms with Gasteiger partial charge in [0.15, 0.2) is 11.6 Å². The van der Waals surface area contributed by atoms with E-state index in [4.69, 9.17) is 4.74 Å². The lowest BCUT2D eigenvalue weighted by Gasteiger charge is -2.22. The van der Waals surface area contributed by atoms with Crippen LogP contribution in [0.15, 0.2) is 60.7 Å². The summed E-state index contributed by atoms with van der Waals surface area (Å²) in [7, 11) is 0. The molecule has 0 bridgehead atoms. The van der Waals surface area contributed by atoms with Gasteiger partial charge >= 0.3 is 0 Å². The number of halogens is 3. The van der Waals surface area contributed by atoms with Crippen molar-refractivity contribution in [1.29, 1.82) is 0 Å². The van der Waals surface area contributed by atoms with Crippen LogP contribution in [0.4, 0.5) is 13.2 Å². The second-order valence-electron chi connectivity index (χ2n) is 8.80. The maximum absolute atomic E-state index is 14.7. The average molecular weight is 467 g/mol. The highest BCUT2D eigenvalue weighted by atomic mass is 19.2. The number of hydrogen-bond acceptors (Lipinski definition) is 2. The van der Waals surface area contributed by atoms with Crippen molar-refractivity contribution in [3.05, 3.63) is 94.8 Å². The Morgan fingerprint density at radius 3 is 2.32 bits per heavy atom. The van der Waals surface area contributed by atoms with Gasteiger partial charge in [-0.2, -0.15) is 0 Å². The number of rotatable bonds is 8. The first kappa shape index (κ1) is 24.1. The van der Waals surface area contributed by atoms with Crippen molar-refractivity contribution >= 4 is 5.57 Å². The Kier molecular flexibility index (Phi) is 7.73. The van der Waals surface area contributed by atoms with Gasteiger partial charge in [0, 0.05) is 17.7 Å². The molecule has 0 amide bonds. The number of ether oxygens (including phenoxy) is 1. The summed E-state index contributed by atoms with van der Waals surface area (Å²) in [5.74, 6) is -1.45. The Morgan fingerprint density at radius 1 is 0.912 bits per heavy atom. The van der Waals surface area contributed by atoms with Gasteiger partial charge in [-0.3, -0.25) is 0 Å². The molecule has 0 saturated heterocycles. The molecular formula is C29H29F3O2. The summed E-state index contributed by atoms with van der Waals surface area (Å²) in [6.07, 6.45) is 5.99. The fourth-order valence-electron chi connectivity index (χ4n) is 4.50. The summed E-state index contributed by atoms with van der Waals surface area (Å²) < 4.78 is 49.1. The summed E-state index contributed by atoms with van der Waals surface area (Å²) in [6, 6.07) is 14.6. The van der Waals surface area contributed by atoms with E-state index >= 15 is 0 Å². The molecule has 178 valence electrons. The molecule has 3 aromatic rings. The Bertz CT molecular complexity index is 1170. The van der Waals surface area contributed by atoms with Gasteiger partial charge < -0.3 is 9.84 Å². The monoisotopic (exact) mass is 466 g/mol. The normalized spacial score (nSPS) is 15.9. The molecule has 0 aliphatic heterocycles. The van der Waals surface area contributed by atoms with Gasteiger partial charge in [-0.1, -0.05) is 42.5 Å². The molecule has 0 fully saturated rings. The molecule has 4 rings (SSSR count). The van der Waals surface area contributed by atoms with Crippen LogP contribution >= 0.6 is 0 Å². The number of aryl methyl sites for hydroxylation is 1. The van der Waals surface area contributed by atoms with Crippen LogP contribution in [-0.2, 0) is 17.8 Å². The Hall–Kier alpha value is -3.05. The van der Waals surface area contributed by atoms with Crippen LogP contribution in [0.3, 0.4) is 0 Å². The summed E-state index contributed by atoms with van der Waals surface area (Å²) >= 11 is 0. The van der Waals surface area contributed by atoms with Gasteiger partial charge in [-0.05, 0) is 85.4 Å². The fourth-order valence-corrected chi connectivity index (χ4v) is 4.50. The van der Waals surface area contributed by atoms with E-state index in [-0.39, 0.29) is 23.7 Å². The molecule has 0 radical (unpaired) electrons. The third-order valence-corrected chi connectivity index (χ3v) is 6.57. The van der Waals surface area contributed by atoms with Crippen molar-refractivity contribution in [2.75, 3.05) is 6.61 Å². The first-order valence-electron chi connectivity index (χ1n) is 11.8. The molecule has 3 aromatic carbocycles. The number of benzene rings is 3. The predicted octanol–water partition coefficient (Wildman–Crippen LogP) is 7.83. The highest BCUT2D eigenvalue weighted by Crippen LogP contribution is 2.34. The molecule has 1 aliphatic carbocycles. The predicted molar refractivity (Wildman–Crippen MR) is 129 cm³/mol. The lowest BCUT2D eigenvalue weighted by atomic mass is 9.83. The highest BCUT2D eigenvalue weighted by Gasteiger charge is 2.19. The zero-order valence-electron chi connectivity index (χ0n) is 19.3. The minimum Gasteiger partial charge on any atom is -0.508 e. The minimum atomic E-state index is -0.858. The van der Waals surface area contributed by atoms with E-state index in [1.165, 1.54) is 12.1 Å². The SMILES string of the molecule is CCOCc1ccc(C2=CCC(CCc3ccc(-c4ccc(O)cc4)c(F)c3F)CC2)cc1F. The van der Waals surface area contributed by atoms with Gasteiger partial charge in [0.2, 0.25) is 0 Å². The van der Waals surface area contributed by atoms with E-state index in [1.54, 1.807) is 36.4 Å². The smallest absolute Gasteiger partial charge is 0.166 e. The first-order valence-corrected chi connectivity index (χ1v) is 11.8. The van der Waals surface area contributed by atoms with Crippen LogP contribution in [0.5, 0.6) is 5.75 Å². The maximum Gasteiger partial charge on any atom is 0.166 e. The molecule has 1 atom stereocenters. The zero-order valence-corrected chi connectivity index (χ0v) is 19.3. The van der Waals surface area contributed by atoms with Crippen molar-refractivity contribution in [1.82, 2.24) is 0 Å². The lowest BCUT2D eigenvalue weighted by molar-refractivity contribution is 0.131. The van der Waals surface area contributed by atoms with Gasteiger partial charge in [0.05, 0.1) is 6.61 Å². The molecule has 34 heavy (non-hydrogen) atoms. The van der Waals surface area contributed by atoms with E-state index in [9.17, 15) is 18.3 Å². The highest BCUT2D eigenvalue weighted by molar-refractivity contribution is 5.67. The van der Waals surface area contributed by atoms with Crippen molar-refractivity contribution in [3.63, 3.8) is 0 Å². The van der Waals surface area contributed by atoms with Gasteiger partial charge in [0.25, 0.3) is 0 Å². The molecule has 0 saturated carbocycles. The number of hydrogen-bond donors (Lipinski definition) is 1. The van der Waals surface area contributed by atoms with Gasteiger partial charge in [0.1, 0.15) is 11.6 Å². The molecule has 1 unspecified atom stereocenters. The number of allylic oxidation sites excluding steroid dienone is 2. The first-order chi connectivity index (χ1) is 16.5. The topological polar surface area (TPSA) is 29.5 Å². The lowest BCUT2D eigenvalue weighted by Crippen LogP contribution is -2.08. The quantitative estimate of drug-likeness (QED) is 0.367. The van der Waals surface area contributed by atoms with E-state index < -0.39 is 11.6 Å². The van der Waals surface area contributed by atoms with E-state index in [1.807, 2.05) is 13.0 Å². The van der Waals surface area contributed by atoms with Crippen molar-refractivity contribution in [2.45, 2.75) is 45.6 Å². The van der Waals surface area contributed by atoms with Crippen LogP contribution in [0.2, 0.25) is 0 Å². The van der Waals surface area contributed by atoms with E-state index in [2.05, 4.69) is 6.08 Å². The molecule has 0 spiro atoms. The second kappa shape index (κ2) is 10.9. The maximum atomic E-state index is 14.7. The van der Waals surface area contributed by atoms with Crippen molar-refractivity contribution in [3.8, 4) is 16.9 Å². The zero-order chi connectivity index (χ0) is 24.1. The second-order valence-corrected chi connectivity index (χ2v) is 8.80. The molecule has 1 N–H and O–H groups in total. The van der Waals surface area contributed by atoms with Crippen molar-refractivity contribution < 1.29 is 23.0 Å². The molecule has 0 aromatic heterocycles. The van der Waals surface area contributed by atoms with Crippen LogP contribution in [0.1, 0.15) is 49.3 Å². The standard InChI is InChI=1S/C29H29F3O2/c1-2-34-18-24-10-9-23(17-27(24)30)20-6-3-19(4-7-20)5-8-22-13-16-26(29(32)28(22)31)21-11-14-25(33)15-12-21/h6,9-17,19,33H,2-5,7-8,18H2,1H3. The third-order valence-electron chi connectivity index (χ3n) is 6.57. The summed E-state index contributed by atoms with van der Waals surface area (Å²) in [5.41, 5.74) is 3.68.